The van der Waals surface area contributed by atoms with Gasteiger partial charge in [-0.2, -0.15) is 4.31 Å². The summed E-state index contributed by atoms with van der Waals surface area (Å²) in [5.41, 5.74) is 4.36. The predicted molar refractivity (Wildman–Crippen MR) is 82.1 cm³/mol. The van der Waals surface area contributed by atoms with Crippen LogP contribution in [0.3, 0.4) is 0 Å². The smallest absolute Gasteiger partial charge is 0.329 e. The summed E-state index contributed by atoms with van der Waals surface area (Å²) in [6.07, 6.45) is 2.72. The number of piperidine rings is 1. The van der Waals surface area contributed by atoms with E-state index in [0.717, 1.165) is 28.2 Å². The van der Waals surface area contributed by atoms with Crippen LogP contribution in [-0.2, 0) is 24.1 Å². The first-order valence-electron chi connectivity index (χ1n) is 7.20. The SMILES string of the molecule is CC1CCCN(S(=O)(=O)c2cn(C)c(=O)n(C)c2=O)C1CN. The number of aromatic nitrogens is 2. The molecule has 1 aromatic heterocycles. The number of nitrogens with two attached hydrogens (primary N) is 1. The molecule has 22 heavy (non-hydrogen) atoms. The fourth-order valence-corrected chi connectivity index (χ4v) is 4.86. The second-order valence-electron chi connectivity index (χ2n) is 5.79. The van der Waals surface area contributed by atoms with Crippen molar-refractivity contribution in [2.75, 3.05) is 13.1 Å². The van der Waals surface area contributed by atoms with Crippen LogP contribution in [0.2, 0.25) is 0 Å². The molecule has 2 unspecified atom stereocenters. The van der Waals surface area contributed by atoms with Gasteiger partial charge in [-0.05, 0) is 18.8 Å². The van der Waals surface area contributed by atoms with Crippen LogP contribution in [0.1, 0.15) is 19.8 Å². The Balaban J connectivity index is 2.60. The van der Waals surface area contributed by atoms with Gasteiger partial charge in [0, 0.05) is 39.4 Å². The van der Waals surface area contributed by atoms with Crippen molar-refractivity contribution in [3.8, 4) is 0 Å². The number of hydrogen-bond acceptors (Lipinski definition) is 5. The molecule has 2 heterocycles. The van der Waals surface area contributed by atoms with Crippen LogP contribution in [0.4, 0.5) is 0 Å². The molecular weight excluding hydrogens is 308 g/mol. The quantitative estimate of drug-likeness (QED) is 0.751. The van der Waals surface area contributed by atoms with Gasteiger partial charge in [-0.15, -0.1) is 0 Å². The summed E-state index contributed by atoms with van der Waals surface area (Å²) in [7, 11) is -1.30. The molecule has 1 fully saturated rings. The lowest BCUT2D eigenvalue weighted by Crippen LogP contribution is -2.52. The van der Waals surface area contributed by atoms with Crippen LogP contribution in [0, 0.1) is 5.92 Å². The number of nitrogens with zero attached hydrogens (tertiary/aromatic N) is 3. The van der Waals surface area contributed by atoms with Crippen molar-refractivity contribution >= 4 is 10.0 Å². The minimum atomic E-state index is -3.99. The molecule has 0 spiro atoms. The maximum atomic E-state index is 12.9. The highest BCUT2D eigenvalue weighted by Gasteiger charge is 2.38. The first-order valence-corrected chi connectivity index (χ1v) is 8.64. The van der Waals surface area contributed by atoms with Gasteiger partial charge < -0.3 is 10.3 Å². The molecule has 9 heteroatoms. The molecule has 0 aromatic carbocycles. The summed E-state index contributed by atoms with van der Waals surface area (Å²) in [6.45, 7) is 2.49. The van der Waals surface area contributed by atoms with Crippen molar-refractivity contribution < 1.29 is 8.42 Å². The zero-order valence-corrected chi connectivity index (χ0v) is 13.8. The number of rotatable bonds is 3. The normalized spacial score (nSPS) is 23.6. The van der Waals surface area contributed by atoms with E-state index in [1.54, 1.807) is 0 Å². The molecule has 1 aromatic rings. The minimum Gasteiger partial charge on any atom is -0.329 e. The van der Waals surface area contributed by atoms with Crippen LogP contribution in [0.15, 0.2) is 20.7 Å². The standard InChI is InChI=1S/C13H22N4O4S/c1-9-5-4-6-17(10(9)7-14)22(20,21)11-8-15(2)13(19)16(3)12(11)18/h8-10H,4-7,14H2,1-3H3. The van der Waals surface area contributed by atoms with Crippen molar-refractivity contribution in [3.63, 3.8) is 0 Å². The van der Waals surface area contributed by atoms with Crippen LogP contribution in [0.5, 0.6) is 0 Å². The predicted octanol–water partition coefficient (Wildman–Crippen LogP) is -1.17. The van der Waals surface area contributed by atoms with Crippen molar-refractivity contribution in [3.05, 3.63) is 27.0 Å². The molecule has 2 atom stereocenters. The molecule has 1 aliphatic rings. The molecule has 1 saturated heterocycles. The summed E-state index contributed by atoms with van der Waals surface area (Å²) in [4.78, 5) is 23.6. The lowest BCUT2D eigenvalue weighted by atomic mass is 9.93. The second kappa shape index (κ2) is 5.98. The van der Waals surface area contributed by atoms with E-state index >= 15 is 0 Å². The zero-order chi connectivity index (χ0) is 16.7. The van der Waals surface area contributed by atoms with E-state index in [1.165, 1.54) is 18.4 Å². The molecule has 0 aliphatic carbocycles. The third kappa shape index (κ3) is 2.64. The summed E-state index contributed by atoms with van der Waals surface area (Å²) >= 11 is 0. The van der Waals surface area contributed by atoms with Crippen molar-refractivity contribution in [2.45, 2.75) is 30.7 Å². The van der Waals surface area contributed by atoms with Crippen molar-refractivity contribution in [2.24, 2.45) is 25.7 Å². The molecule has 0 radical (unpaired) electrons. The average Bonchev–Trinajstić information content (AvgIpc) is 2.48. The molecule has 8 nitrogen and oxygen atoms in total. The topological polar surface area (TPSA) is 107 Å². The van der Waals surface area contributed by atoms with E-state index in [4.69, 9.17) is 5.73 Å². The average molecular weight is 330 g/mol. The van der Waals surface area contributed by atoms with Crippen molar-refractivity contribution in [1.82, 2.24) is 13.4 Å². The molecule has 2 N–H and O–H groups in total. The maximum absolute atomic E-state index is 12.9. The molecule has 0 amide bonds. The number of aryl methyl sites for hydroxylation is 1. The Morgan fingerprint density at radius 3 is 2.55 bits per heavy atom. The summed E-state index contributed by atoms with van der Waals surface area (Å²) in [5, 5.41) is 0. The molecule has 1 aliphatic heterocycles. The highest BCUT2D eigenvalue weighted by Crippen LogP contribution is 2.27. The van der Waals surface area contributed by atoms with E-state index in [-0.39, 0.29) is 23.4 Å². The van der Waals surface area contributed by atoms with Gasteiger partial charge >= 0.3 is 5.69 Å². The van der Waals surface area contributed by atoms with Crippen LogP contribution in [-0.4, -0.2) is 41.0 Å². The van der Waals surface area contributed by atoms with Gasteiger partial charge in [0.1, 0.15) is 0 Å². The zero-order valence-electron chi connectivity index (χ0n) is 13.0. The van der Waals surface area contributed by atoms with E-state index in [0.29, 0.717) is 6.54 Å². The van der Waals surface area contributed by atoms with E-state index in [9.17, 15) is 18.0 Å². The van der Waals surface area contributed by atoms with Gasteiger partial charge in [0.05, 0.1) is 0 Å². The summed E-state index contributed by atoms with van der Waals surface area (Å²) in [6, 6.07) is -0.333. The fourth-order valence-electron chi connectivity index (χ4n) is 2.94. The first-order chi connectivity index (χ1) is 10.2. The van der Waals surface area contributed by atoms with E-state index in [2.05, 4.69) is 0 Å². The third-order valence-corrected chi connectivity index (χ3v) is 6.21. The third-order valence-electron chi connectivity index (χ3n) is 4.31. The van der Waals surface area contributed by atoms with Gasteiger partial charge in [-0.25, -0.2) is 13.2 Å². The Labute approximate surface area is 129 Å². The molecule has 0 saturated carbocycles. The Kier molecular flexibility index (Phi) is 4.59. The first kappa shape index (κ1) is 16.9. The molecular formula is C13H22N4O4S. The fraction of sp³-hybridized carbons (Fsp3) is 0.692. The van der Waals surface area contributed by atoms with Gasteiger partial charge in [0.2, 0.25) is 10.0 Å². The molecule has 0 bridgehead atoms. The Morgan fingerprint density at radius 1 is 1.32 bits per heavy atom. The van der Waals surface area contributed by atoms with Gasteiger partial charge in [0.25, 0.3) is 5.56 Å². The second-order valence-corrected chi connectivity index (χ2v) is 7.65. The van der Waals surface area contributed by atoms with Crippen LogP contribution >= 0.6 is 0 Å². The Bertz CT molecular complexity index is 780. The largest absolute Gasteiger partial charge is 0.330 e. The Hall–Kier alpha value is -1.45. The minimum absolute atomic E-state index is 0.130. The van der Waals surface area contributed by atoms with Gasteiger partial charge in [-0.3, -0.25) is 9.36 Å². The number of sulfonamides is 1. The summed E-state index contributed by atoms with van der Waals surface area (Å²) < 4.78 is 29.0. The lowest BCUT2D eigenvalue weighted by molar-refractivity contribution is 0.192. The van der Waals surface area contributed by atoms with Gasteiger partial charge in [0.15, 0.2) is 4.90 Å². The Morgan fingerprint density at radius 2 is 1.95 bits per heavy atom. The molecule has 124 valence electrons. The van der Waals surface area contributed by atoms with Crippen molar-refractivity contribution in [1.29, 1.82) is 0 Å². The summed E-state index contributed by atoms with van der Waals surface area (Å²) in [5.74, 6) is 0.130. The van der Waals surface area contributed by atoms with E-state index < -0.39 is 21.3 Å². The van der Waals surface area contributed by atoms with Gasteiger partial charge in [-0.1, -0.05) is 6.92 Å². The van der Waals surface area contributed by atoms with E-state index in [1.807, 2.05) is 6.92 Å². The monoisotopic (exact) mass is 330 g/mol. The highest BCUT2D eigenvalue weighted by molar-refractivity contribution is 7.89. The lowest BCUT2D eigenvalue weighted by Gasteiger charge is -2.38. The van der Waals surface area contributed by atoms with Crippen LogP contribution < -0.4 is 17.0 Å². The number of hydrogen-bond donors (Lipinski definition) is 1. The van der Waals surface area contributed by atoms with Crippen LogP contribution in [0.25, 0.3) is 0 Å². The molecule has 2 rings (SSSR count). The highest BCUT2D eigenvalue weighted by atomic mass is 32.2. The maximum Gasteiger partial charge on any atom is 0.330 e.